The Bertz CT molecular complexity index is 1020. The first-order valence-electron chi connectivity index (χ1n) is 8.46. The highest BCUT2D eigenvalue weighted by Crippen LogP contribution is 2.28. The van der Waals surface area contributed by atoms with Gasteiger partial charge in [0.05, 0.1) is 37.1 Å². The SMILES string of the molecule is C[C@@H](O)[C@@H](C)Nc1nc(Nc2ccc(Cl)c(NC(=O)N=S(C)(C)=O)c2)ncc1Br. The van der Waals surface area contributed by atoms with E-state index in [4.69, 9.17) is 11.6 Å². The standard InChI is InChI=1S/C17H22BrClN6O3S/c1-9(10(2)26)21-15-12(18)8-20-16(24-15)22-11-5-6-13(19)14(7-11)23-17(27)25-29(3,4)28/h5-10,26H,1-4H3,(H,23,27)(H2,20,21,22,24)/t9-,10-/m1/s1. The first kappa shape index (κ1) is 23.3. The average Bonchev–Trinajstić information content (AvgIpc) is 2.59. The molecule has 0 bridgehead atoms. The van der Waals surface area contributed by atoms with Gasteiger partial charge in [0.1, 0.15) is 5.82 Å². The van der Waals surface area contributed by atoms with Gasteiger partial charge in [0.25, 0.3) is 0 Å². The van der Waals surface area contributed by atoms with Crippen LogP contribution in [0.3, 0.4) is 0 Å². The van der Waals surface area contributed by atoms with Crippen molar-refractivity contribution in [3.63, 3.8) is 0 Å². The second kappa shape index (κ2) is 9.70. The van der Waals surface area contributed by atoms with E-state index in [0.717, 1.165) is 0 Å². The number of hydrogen-bond acceptors (Lipinski definition) is 7. The summed E-state index contributed by atoms with van der Waals surface area (Å²) in [6, 6.07) is 3.89. The van der Waals surface area contributed by atoms with E-state index < -0.39 is 21.9 Å². The van der Waals surface area contributed by atoms with Gasteiger partial charge in [-0.3, -0.25) is 0 Å². The largest absolute Gasteiger partial charge is 0.391 e. The fraction of sp³-hybridized carbons (Fsp3) is 0.353. The molecule has 29 heavy (non-hydrogen) atoms. The normalized spacial score (nSPS) is 13.3. The van der Waals surface area contributed by atoms with Crippen molar-refractivity contribution in [2.45, 2.75) is 26.0 Å². The number of urea groups is 1. The zero-order valence-electron chi connectivity index (χ0n) is 16.2. The van der Waals surface area contributed by atoms with Crippen molar-refractivity contribution in [2.75, 3.05) is 28.5 Å². The molecule has 0 saturated carbocycles. The van der Waals surface area contributed by atoms with Crippen LogP contribution in [0.4, 0.5) is 27.9 Å². The Morgan fingerprint density at radius 1 is 1.34 bits per heavy atom. The molecule has 2 rings (SSSR count). The summed E-state index contributed by atoms with van der Waals surface area (Å²) in [6.45, 7) is 3.51. The van der Waals surface area contributed by atoms with Crippen molar-refractivity contribution < 1.29 is 14.1 Å². The highest BCUT2D eigenvalue weighted by Gasteiger charge is 2.13. The zero-order chi connectivity index (χ0) is 21.8. The second-order valence-electron chi connectivity index (χ2n) is 6.59. The number of hydrogen-bond donors (Lipinski definition) is 4. The van der Waals surface area contributed by atoms with Gasteiger partial charge >= 0.3 is 6.03 Å². The smallest absolute Gasteiger partial charge is 0.353 e. The van der Waals surface area contributed by atoms with Gasteiger partial charge in [0.2, 0.25) is 5.95 Å². The molecule has 0 saturated heterocycles. The van der Waals surface area contributed by atoms with E-state index in [1.807, 2.05) is 6.92 Å². The number of aliphatic hydroxyl groups excluding tert-OH is 1. The van der Waals surface area contributed by atoms with Crippen LogP contribution in [0.25, 0.3) is 0 Å². The molecule has 0 radical (unpaired) electrons. The quantitative estimate of drug-likeness (QED) is 0.465. The van der Waals surface area contributed by atoms with E-state index >= 15 is 0 Å². The molecular weight excluding hydrogens is 484 g/mol. The molecule has 0 aliphatic carbocycles. The lowest BCUT2D eigenvalue weighted by atomic mass is 10.2. The molecule has 9 nitrogen and oxygen atoms in total. The summed E-state index contributed by atoms with van der Waals surface area (Å²) in [5.74, 6) is 0.806. The Labute approximate surface area is 183 Å². The maximum Gasteiger partial charge on any atom is 0.353 e. The number of nitrogens with one attached hydrogen (secondary N) is 3. The Morgan fingerprint density at radius 2 is 2.03 bits per heavy atom. The summed E-state index contributed by atoms with van der Waals surface area (Å²) in [6.07, 6.45) is 3.73. The van der Waals surface area contributed by atoms with Gasteiger partial charge in [-0.05, 0) is 48.0 Å². The van der Waals surface area contributed by atoms with Crippen molar-refractivity contribution in [3.8, 4) is 0 Å². The molecule has 4 N–H and O–H groups in total. The summed E-state index contributed by atoms with van der Waals surface area (Å²) < 4.78 is 15.8. The molecule has 0 unspecified atom stereocenters. The molecule has 0 spiro atoms. The van der Waals surface area contributed by atoms with E-state index in [-0.39, 0.29) is 6.04 Å². The van der Waals surface area contributed by atoms with Crippen molar-refractivity contribution in [3.05, 3.63) is 33.9 Å². The zero-order valence-corrected chi connectivity index (χ0v) is 19.4. The summed E-state index contributed by atoms with van der Waals surface area (Å²) in [5, 5.41) is 18.6. The van der Waals surface area contributed by atoms with Crippen LogP contribution in [-0.2, 0) is 9.73 Å². The molecule has 1 aromatic heterocycles. The molecule has 0 aliphatic heterocycles. The molecule has 0 fully saturated rings. The Kier molecular flexibility index (Phi) is 7.80. The lowest BCUT2D eigenvalue weighted by Gasteiger charge is -2.18. The molecular formula is C17H22BrClN6O3S. The van der Waals surface area contributed by atoms with E-state index in [1.54, 1.807) is 31.3 Å². The number of halogens is 2. The van der Waals surface area contributed by atoms with Crippen LogP contribution in [-0.4, -0.2) is 50.0 Å². The minimum atomic E-state index is -2.59. The Balaban J connectivity index is 2.22. The van der Waals surface area contributed by atoms with Gasteiger partial charge in [0, 0.05) is 24.4 Å². The number of aromatic nitrogens is 2. The third-order valence-electron chi connectivity index (χ3n) is 3.60. The number of rotatable bonds is 6. The summed E-state index contributed by atoms with van der Waals surface area (Å²) >= 11 is 9.49. The Morgan fingerprint density at radius 3 is 2.66 bits per heavy atom. The summed E-state index contributed by atoms with van der Waals surface area (Å²) in [7, 11) is -2.59. The molecule has 158 valence electrons. The van der Waals surface area contributed by atoms with Gasteiger partial charge in [-0.2, -0.15) is 4.98 Å². The lowest BCUT2D eigenvalue weighted by Crippen LogP contribution is -2.28. The van der Waals surface area contributed by atoms with E-state index in [1.165, 1.54) is 12.5 Å². The number of benzene rings is 1. The summed E-state index contributed by atoms with van der Waals surface area (Å²) in [4.78, 5) is 20.5. The van der Waals surface area contributed by atoms with Gasteiger partial charge in [0.15, 0.2) is 0 Å². The number of nitrogens with zero attached hydrogens (tertiary/aromatic N) is 3. The van der Waals surface area contributed by atoms with Crippen LogP contribution in [0.5, 0.6) is 0 Å². The van der Waals surface area contributed by atoms with Crippen molar-refractivity contribution >= 4 is 66.4 Å². The molecule has 0 aliphatic rings. The first-order chi connectivity index (χ1) is 13.4. The topological polar surface area (TPSA) is 129 Å². The molecule has 1 aromatic carbocycles. The number of aliphatic hydroxyl groups is 1. The fourth-order valence-electron chi connectivity index (χ4n) is 2.03. The second-order valence-corrected chi connectivity index (χ2v) is 10.4. The fourth-order valence-corrected chi connectivity index (χ4v) is 2.95. The van der Waals surface area contributed by atoms with Crippen molar-refractivity contribution in [2.24, 2.45) is 4.36 Å². The highest BCUT2D eigenvalue weighted by atomic mass is 79.9. The first-order valence-corrected chi connectivity index (χ1v) is 12.0. The maximum atomic E-state index is 11.9. The third kappa shape index (κ3) is 7.42. The van der Waals surface area contributed by atoms with Crippen molar-refractivity contribution in [1.82, 2.24) is 9.97 Å². The molecule has 2 amide bonds. The van der Waals surface area contributed by atoms with Crippen LogP contribution in [0.15, 0.2) is 33.2 Å². The van der Waals surface area contributed by atoms with E-state index in [0.29, 0.717) is 32.6 Å². The lowest BCUT2D eigenvalue weighted by molar-refractivity contribution is 0.177. The van der Waals surface area contributed by atoms with Gasteiger partial charge in [-0.15, -0.1) is 4.36 Å². The van der Waals surface area contributed by atoms with Crippen molar-refractivity contribution in [1.29, 1.82) is 0 Å². The molecule has 2 atom stereocenters. The van der Waals surface area contributed by atoms with E-state index in [2.05, 4.69) is 46.2 Å². The van der Waals surface area contributed by atoms with Crippen LogP contribution in [0.1, 0.15) is 13.8 Å². The van der Waals surface area contributed by atoms with Crippen LogP contribution >= 0.6 is 27.5 Å². The predicted molar refractivity (Wildman–Crippen MR) is 121 cm³/mol. The maximum absolute atomic E-state index is 11.9. The van der Waals surface area contributed by atoms with Crippen LogP contribution in [0, 0.1) is 0 Å². The Hall–Kier alpha value is -1.95. The van der Waals surface area contributed by atoms with Crippen LogP contribution < -0.4 is 16.0 Å². The highest BCUT2D eigenvalue weighted by molar-refractivity contribution is 9.10. The minimum absolute atomic E-state index is 0.220. The number of anilines is 4. The minimum Gasteiger partial charge on any atom is -0.391 e. The summed E-state index contributed by atoms with van der Waals surface area (Å²) in [5.41, 5.74) is 0.863. The number of carbonyl (C=O) groups is 1. The molecule has 1 heterocycles. The third-order valence-corrected chi connectivity index (χ3v) is 5.11. The monoisotopic (exact) mass is 504 g/mol. The van der Waals surface area contributed by atoms with Gasteiger partial charge in [-0.1, -0.05) is 11.6 Å². The van der Waals surface area contributed by atoms with Gasteiger partial charge in [-0.25, -0.2) is 14.0 Å². The number of carbonyl (C=O) groups excluding carboxylic acids is 1. The predicted octanol–water partition coefficient (Wildman–Crippen LogP) is 4.08. The molecule has 12 heteroatoms. The number of amides is 2. The molecule has 2 aromatic rings. The van der Waals surface area contributed by atoms with Gasteiger partial charge < -0.3 is 21.1 Å². The van der Waals surface area contributed by atoms with E-state index in [9.17, 15) is 14.1 Å². The van der Waals surface area contributed by atoms with Crippen LogP contribution in [0.2, 0.25) is 5.02 Å². The average molecular weight is 506 g/mol.